The summed E-state index contributed by atoms with van der Waals surface area (Å²) >= 11 is 0. The van der Waals surface area contributed by atoms with E-state index in [2.05, 4.69) is 31.0 Å². The molecular formula is C16H21N3O. The van der Waals surface area contributed by atoms with Gasteiger partial charge in [-0.2, -0.15) is 0 Å². The Hall–Kier alpha value is -1.81. The number of fused-ring (bicyclic) bond motifs is 1. The summed E-state index contributed by atoms with van der Waals surface area (Å²) in [5.74, 6) is 0.149. The largest absolute Gasteiger partial charge is 0.339 e. The summed E-state index contributed by atoms with van der Waals surface area (Å²) in [7, 11) is 4.08. The monoisotopic (exact) mass is 271 g/mol. The summed E-state index contributed by atoms with van der Waals surface area (Å²) < 4.78 is 2.03. The maximum atomic E-state index is 12.7. The van der Waals surface area contributed by atoms with Crippen LogP contribution in [-0.2, 0) is 7.05 Å². The number of nitrogens with zero attached hydrogens (tertiary/aromatic N) is 3. The predicted molar refractivity (Wildman–Crippen MR) is 81.1 cm³/mol. The highest BCUT2D eigenvalue weighted by molar-refractivity contribution is 5.99. The molecule has 1 fully saturated rings. The molecule has 3 rings (SSSR count). The fourth-order valence-electron chi connectivity index (χ4n) is 3.00. The lowest BCUT2D eigenvalue weighted by atomic mass is 10.2. The third-order valence-corrected chi connectivity index (χ3v) is 4.27. The second-order valence-electron chi connectivity index (χ2n) is 5.70. The summed E-state index contributed by atoms with van der Waals surface area (Å²) in [5.41, 5.74) is 3.16. The lowest BCUT2D eigenvalue weighted by Crippen LogP contribution is -2.47. The van der Waals surface area contributed by atoms with Crippen molar-refractivity contribution in [3.8, 4) is 0 Å². The van der Waals surface area contributed by atoms with Crippen LogP contribution in [0.4, 0.5) is 0 Å². The van der Waals surface area contributed by atoms with Gasteiger partial charge in [0.15, 0.2) is 0 Å². The van der Waals surface area contributed by atoms with Gasteiger partial charge in [0.25, 0.3) is 5.91 Å². The van der Waals surface area contributed by atoms with Crippen LogP contribution in [0.25, 0.3) is 10.9 Å². The van der Waals surface area contributed by atoms with Crippen LogP contribution >= 0.6 is 0 Å². The number of carbonyl (C=O) groups excluding carboxylic acids is 1. The van der Waals surface area contributed by atoms with Crippen LogP contribution in [0.5, 0.6) is 0 Å². The first-order valence-corrected chi connectivity index (χ1v) is 7.11. The summed E-state index contributed by atoms with van der Waals surface area (Å²) in [6.07, 6.45) is 0. The first-order valence-electron chi connectivity index (χ1n) is 7.11. The van der Waals surface area contributed by atoms with Gasteiger partial charge in [0.1, 0.15) is 5.69 Å². The normalized spacial score (nSPS) is 16.9. The zero-order chi connectivity index (χ0) is 14.3. The van der Waals surface area contributed by atoms with Gasteiger partial charge < -0.3 is 14.4 Å². The fourth-order valence-corrected chi connectivity index (χ4v) is 3.00. The standard InChI is InChI=1S/C16H21N3O/c1-12-5-4-6-13-11-14(18(3)15(12)13)16(20)19-9-7-17(2)8-10-19/h4-6,11H,7-10H2,1-3H3. The van der Waals surface area contributed by atoms with Crippen molar-refractivity contribution in [1.82, 2.24) is 14.4 Å². The van der Waals surface area contributed by atoms with Gasteiger partial charge in [-0.15, -0.1) is 0 Å². The average Bonchev–Trinajstić information content (AvgIpc) is 2.77. The summed E-state index contributed by atoms with van der Waals surface area (Å²) in [5, 5.41) is 1.14. The van der Waals surface area contributed by atoms with Gasteiger partial charge in [-0.25, -0.2) is 0 Å². The van der Waals surface area contributed by atoms with E-state index in [0.717, 1.165) is 42.8 Å². The van der Waals surface area contributed by atoms with Crippen molar-refractivity contribution in [3.05, 3.63) is 35.5 Å². The van der Waals surface area contributed by atoms with Gasteiger partial charge >= 0.3 is 0 Å². The number of piperazine rings is 1. The number of amides is 1. The molecule has 106 valence electrons. The van der Waals surface area contributed by atoms with Gasteiger partial charge in [-0.05, 0) is 25.6 Å². The van der Waals surface area contributed by atoms with Crippen LogP contribution in [0.2, 0.25) is 0 Å². The molecule has 1 amide bonds. The quantitative estimate of drug-likeness (QED) is 0.792. The highest BCUT2D eigenvalue weighted by atomic mass is 16.2. The lowest BCUT2D eigenvalue weighted by Gasteiger charge is -2.32. The van der Waals surface area contributed by atoms with E-state index in [1.807, 2.05) is 28.6 Å². The summed E-state index contributed by atoms with van der Waals surface area (Å²) in [6.45, 7) is 5.63. The minimum atomic E-state index is 0.149. The van der Waals surface area contributed by atoms with Gasteiger partial charge in [0.2, 0.25) is 0 Å². The molecule has 0 spiro atoms. The first kappa shape index (κ1) is 13.2. The molecule has 4 nitrogen and oxygen atoms in total. The van der Waals surface area contributed by atoms with E-state index in [1.165, 1.54) is 5.56 Å². The number of hydrogen-bond donors (Lipinski definition) is 0. The number of rotatable bonds is 1. The first-order chi connectivity index (χ1) is 9.58. The summed E-state index contributed by atoms with van der Waals surface area (Å²) in [6, 6.07) is 8.22. The molecular weight excluding hydrogens is 250 g/mol. The van der Waals surface area contributed by atoms with Gasteiger partial charge in [-0.3, -0.25) is 4.79 Å². The molecule has 2 aromatic rings. The minimum absolute atomic E-state index is 0.149. The molecule has 1 aromatic heterocycles. The average molecular weight is 271 g/mol. The Morgan fingerprint density at radius 2 is 1.80 bits per heavy atom. The van der Waals surface area contributed by atoms with Crippen molar-refractivity contribution in [1.29, 1.82) is 0 Å². The van der Waals surface area contributed by atoms with Crippen LogP contribution in [-0.4, -0.2) is 53.5 Å². The molecule has 0 N–H and O–H groups in total. The number of likely N-dealkylation sites (N-methyl/N-ethyl adjacent to an activating group) is 1. The van der Waals surface area contributed by atoms with Crippen LogP contribution in [0.3, 0.4) is 0 Å². The maximum absolute atomic E-state index is 12.7. The van der Waals surface area contributed by atoms with E-state index < -0.39 is 0 Å². The smallest absolute Gasteiger partial charge is 0.270 e. The van der Waals surface area contributed by atoms with E-state index in [-0.39, 0.29) is 5.91 Å². The van der Waals surface area contributed by atoms with E-state index in [0.29, 0.717) is 0 Å². The molecule has 1 aromatic carbocycles. The van der Waals surface area contributed by atoms with Crippen molar-refractivity contribution in [3.63, 3.8) is 0 Å². The zero-order valence-electron chi connectivity index (χ0n) is 12.4. The molecule has 1 aliphatic rings. The second kappa shape index (κ2) is 4.94. The molecule has 1 aliphatic heterocycles. The topological polar surface area (TPSA) is 28.5 Å². The van der Waals surface area contributed by atoms with Crippen LogP contribution in [0.15, 0.2) is 24.3 Å². The van der Waals surface area contributed by atoms with Crippen molar-refractivity contribution in [2.45, 2.75) is 6.92 Å². The van der Waals surface area contributed by atoms with Gasteiger partial charge in [0.05, 0.1) is 5.52 Å². The molecule has 2 heterocycles. The van der Waals surface area contributed by atoms with Crippen LogP contribution in [0.1, 0.15) is 16.1 Å². The van der Waals surface area contributed by atoms with Gasteiger partial charge in [-0.1, -0.05) is 18.2 Å². The fraction of sp³-hybridized carbons (Fsp3) is 0.438. The van der Waals surface area contributed by atoms with E-state index in [4.69, 9.17) is 0 Å². The molecule has 0 atom stereocenters. The Balaban J connectivity index is 1.96. The van der Waals surface area contributed by atoms with Gasteiger partial charge in [0, 0.05) is 38.6 Å². The third kappa shape index (κ3) is 2.10. The molecule has 0 unspecified atom stereocenters. The molecule has 0 radical (unpaired) electrons. The number of aryl methyl sites for hydroxylation is 2. The summed E-state index contributed by atoms with van der Waals surface area (Å²) in [4.78, 5) is 16.9. The zero-order valence-corrected chi connectivity index (χ0v) is 12.4. The Kier molecular flexibility index (Phi) is 3.26. The minimum Gasteiger partial charge on any atom is -0.339 e. The number of hydrogen-bond acceptors (Lipinski definition) is 2. The maximum Gasteiger partial charge on any atom is 0.270 e. The van der Waals surface area contributed by atoms with Crippen molar-refractivity contribution < 1.29 is 4.79 Å². The number of para-hydroxylation sites is 1. The third-order valence-electron chi connectivity index (χ3n) is 4.27. The Morgan fingerprint density at radius 1 is 1.10 bits per heavy atom. The molecule has 20 heavy (non-hydrogen) atoms. The lowest BCUT2D eigenvalue weighted by molar-refractivity contribution is 0.0655. The molecule has 4 heteroatoms. The van der Waals surface area contributed by atoms with Crippen LogP contribution < -0.4 is 0 Å². The SMILES string of the molecule is Cc1cccc2cc(C(=O)N3CCN(C)CC3)n(C)c12. The molecule has 1 saturated heterocycles. The number of aromatic nitrogens is 1. The number of benzene rings is 1. The Morgan fingerprint density at radius 3 is 2.45 bits per heavy atom. The second-order valence-corrected chi connectivity index (χ2v) is 5.70. The van der Waals surface area contributed by atoms with Crippen molar-refractivity contribution in [2.24, 2.45) is 7.05 Å². The molecule has 0 aliphatic carbocycles. The van der Waals surface area contributed by atoms with E-state index in [1.54, 1.807) is 0 Å². The number of carbonyl (C=O) groups is 1. The molecule has 0 saturated carbocycles. The predicted octanol–water partition coefficient (Wildman–Crippen LogP) is 1.87. The van der Waals surface area contributed by atoms with E-state index >= 15 is 0 Å². The van der Waals surface area contributed by atoms with Crippen molar-refractivity contribution in [2.75, 3.05) is 33.2 Å². The van der Waals surface area contributed by atoms with Crippen molar-refractivity contribution >= 4 is 16.8 Å². The Bertz CT molecular complexity index is 651. The van der Waals surface area contributed by atoms with E-state index in [9.17, 15) is 4.79 Å². The van der Waals surface area contributed by atoms with Crippen LogP contribution in [0, 0.1) is 6.92 Å². The molecule has 0 bridgehead atoms. The highest BCUT2D eigenvalue weighted by Crippen LogP contribution is 2.23. The highest BCUT2D eigenvalue weighted by Gasteiger charge is 2.23. The Labute approximate surface area is 119 Å².